The van der Waals surface area contributed by atoms with Gasteiger partial charge in [-0.25, -0.2) is 8.78 Å². The Labute approximate surface area is 109 Å². The Morgan fingerprint density at radius 1 is 1.40 bits per heavy atom. The predicted molar refractivity (Wildman–Crippen MR) is 57.4 cm³/mol. The van der Waals surface area contributed by atoms with Gasteiger partial charge < -0.3 is 9.72 Å². The maximum atomic E-state index is 12.6. The largest absolute Gasteiger partial charge is 0.466 e. The first kappa shape index (κ1) is 16.1. The second-order valence-corrected chi connectivity index (χ2v) is 3.73. The number of alkyl halides is 5. The molecule has 1 aromatic heterocycles. The number of esters is 1. The van der Waals surface area contributed by atoms with E-state index in [9.17, 15) is 31.5 Å². The number of nitrogens with one attached hydrogen (secondary N) is 1. The Kier molecular flexibility index (Phi) is 4.85. The summed E-state index contributed by atoms with van der Waals surface area (Å²) in [5, 5.41) is 0. The van der Waals surface area contributed by atoms with Gasteiger partial charge in [0, 0.05) is 11.8 Å². The molecular formula is C11H10F5NO3. The molecule has 4 nitrogen and oxygen atoms in total. The zero-order valence-corrected chi connectivity index (χ0v) is 10.2. The van der Waals surface area contributed by atoms with Crippen LogP contribution in [0.25, 0.3) is 0 Å². The van der Waals surface area contributed by atoms with Gasteiger partial charge in [-0.3, -0.25) is 9.59 Å². The van der Waals surface area contributed by atoms with Crippen molar-refractivity contribution in [1.82, 2.24) is 4.98 Å². The number of aromatic amines is 1. The van der Waals surface area contributed by atoms with E-state index in [1.165, 1.54) is 6.92 Å². The summed E-state index contributed by atoms with van der Waals surface area (Å²) in [5.74, 6) is -0.844. The smallest absolute Gasteiger partial charge is 0.422 e. The Morgan fingerprint density at radius 3 is 2.45 bits per heavy atom. The van der Waals surface area contributed by atoms with Crippen LogP contribution in [0, 0.1) is 0 Å². The third-order valence-electron chi connectivity index (χ3n) is 2.26. The SMILES string of the molecule is CCOC(=O)Cc1cc(=O)c(C(F)(F)F)c(C(F)F)[nH]1. The number of H-pyrrole nitrogens is 1. The second kappa shape index (κ2) is 6.02. The minimum atomic E-state index is -5.21. The minimum absolute atomic E-state index is 0.0193. The molecule has 1 aromatic rings. The minimum Gasteiger partial charge on any atom is -0.466 e. The quantitative estimate of drug-likeness (QED) is 0.686. The number of aromatic nitrogens is 1. The molecule has 0 saturated carbocycles. The van der Waals surface area contributed by atoms with Gasteiger partial charge in [-0.1, -0.05) is 0 Å². The van der Waals surface area contributed by atoms with Crippen molar-refractivity contribution in [3.05, 3.63) is 33.2 Å². The van der Waals surface area contributed by atoms with Crippen LogP contribution in [0.4, 0.5) is 22.0 Å². The van der Waals surface area contributed by atoms with E-state index in [4.69, 9.17) is 0 Å². The van der Waals surface area contributed by atoms with E-state index >= 15 is 0 Å². The van der Waals surface area contributed by atoms with Crippen LogP contribution in [0.1, 0.15) is 30.3 Å². The van der Waals surface area contributed by atoms with E-state index in [0.717, 1.165) is 0 Å². The number of halogens is 5. The van der Waals surface area contributed by atoms with Crippen molar-refractivity contribution in [1.29, 1.82) is 0 Å². The lowest BCUT2D eigenvalue weighted by atomic mass is 10.1. The fraction of sp³-hybridized carbons (Fsp3) is 0.455. The predicted octanol–water partition coefficient (Wildman–Crippen LogP) is 2.44. The highest BCUT2D eigenvalue weighted by Crippen LogP contribution is 2.33. The lowest BCUT2D eigenvalue weighted by Gasteiger charge is -2.13. The molecular weight excluding hydrogens is 289 g/mol. The zero-order chi connectivity index (χ0) is 15.5. The molecule has 0 aromatic carbocycles. The number of hydrogen-bond donors (Lipinski definition) is 1. The number of rotatable bonds is 4. The van der Waals surface area contributed by atoms with E-state index < -0.39 is 41.7 Å². The van der Waals surface area contributed by atoms with Gasteiger partial charge >= 0.3 is 12.1 Å². The van der Waals surface area contributed by atoms with Crippen LogP contribution in [-0.2, 0) is 22.1 Å². The molecule has 0 saturated heterocycles. The van der Waals surface area contributed by atoms with E-state index in [-0.39, 0.29) is 12.3 Å². The number of hydrogen-bond acceptors (Lipinski definition) is 3. The van der Waals surface area contributed by atoms with Gasteiger partial charge in [-0.05, 0) is 6.92 Å². The summed E-state index contributed by atoms with van der Waals surface area (Å²) >= 11 is 0. The molecule has 0 bridgehead atoms. The summed E-state index contributed by atoms with van der Waals surface area (Å²) in [6, 6.07) is 0.464. The van der Waals surface area contributed by atoms with E-state index in [1.807, 2.05) is 0 Å². The average molecular weight is 299 g/mol. The molecule has 0 amide bonds. The molecule has 0 aliphatic carbocycles. The molecule has 1 N–H and O–H groups in total. The highest BCUT2D eigenvalue weighted by molar-refractivity contribution is 5.71. The molecule has 0 fully saturated rings. The molecule has 0 radical (unpaired) electrons. The maximum absolute atomic E-state index is 12.6. The first-order valence-electron chi connectivity index (χ1n) is 5.43. The van der Waals surface area contributed by atoms with Gasteiger partial charge in [0.1, 0.15) is 5.56 Å². The summed E-state index contributed by atoms with van der Waals surface area (Å²) in [4.78, 5) is 24.2. The lowest BCUT2D eigenvalue weighted by Crippen LogP contribution is -2.25. The Balaban J connectivity index is 3.28. The van der Waals surface area contributed by atoms with Crippen molar-refractivity contribution in [3.63, 3.8) is 0 Å². The normalized spacial score (nSPS) is 11.8. The Morgan fingerprint density at radius 2 is 2.00 bits per heavy atom. The maximum Gasteiger partial charge on any atom is 0.422 e. The van der Waals surface area contributed by atoms with Gasteiger partial charge in [0.15, 0.2) is 5.43 Å². The molecule has 0 atom stereocenters. The molecule has 0 aliphatic heterocycles. The van der Waals surface area contributed by atoms with Crippen molar-refractivity contribution in [2.75, 3.05) is 6.61 Å². The number of ether oxygens (including phenoxy) is 1. The monoisotopic (exact) mass is 299 g/mol. The Bertz CT molecular complexity index is 550. The molecule has 1 rings (SSSR count). The van der Waals surface area contributed by atoms with Crippen molar-refractivity contribution in [3.8, 4) is 0 Å². The van der Waals surface area contributed by atoms with Gasteiger partial charge in [0.2, 0.25) is 0 Å². The molecule has 112 valence electrons. The number of pyridine rings is 1. The van der Waals surface area contributed by atoms with Crippen LogP contribution >= 0.6 is 0 Å². The molecule has 1 heterocycles. The highest BCUT2D eigenvalue weighted by atomic mass is 19.4. The fourth-order valence-corrected chi connectivity index (χ4v) is 1.55. The second-order valence-electron chi connectivity index (χ2n) is 3.73. The van der Waals surface area contributed by atoms with E-state index in [1.54, 1.807) is 4.98 Å². The summed E-state index contributed by atoms with van der Waals surface area (Å²) in [7, 11) is 0. The average Bonchev–Trinajstić information content (AvgIpc) is 2.26. The summed E-state index contributed by atoms with van der Waals surface area (Å²) in [5.41, 5.74) is -5.49. The fourth-order valence-electron chi connectivity index (χ4n) is 1.55. The standard InChI is InChI=1S/C11H10F5NO3/c1-2-20-7(19)4-5-3-6(18)8(11(14,15)16)9(17-5)10(12)13/h3,10H,2,4H2,1H3,(H,17,18). The number of carbonyl (C=O) groups is 1. The molecule has 0 aliphatic rings. The van der Waals surface area contributed by atoms with E-state index in [2.05, 4.69) is 4.74 Å². The van der Waals surface area contributed by atoms with Crippen molar-refractivity contribution < 1.29 is 31.5 Å². The summed E-state index contributed by atoms with van der Waals surface area (Å²) < 4.78 is 67.4. The van der Waals surface area contributed by atoms with Crippen molar-refractivity contribution in [2.24, 2.45) is 0 Å². The van der Waals surface area contributed by atoms with Crippen molar-refractivity contribution in [2.45, 2.75) is 25.9 Å². The lowest BCUT2D eigenvalue weighted by molar-refractivity contribution is -0.142. The topological polar surface area (TPSA) is 59.2 Å². The first-order valence-corrected chi connectivity index (χ1v) is 5.43. The zero-order valence-electron chi connectivity index (χ0n) is 10.2. The van der Waals surface area contributed by atoms with Crippen LogP contribution in [0.3, 0.4) is 0 Å². The Hall–Kier alpha value is -1.93. The molecule has 0 spiro atoms. The van der Waals surface area contributed by atoms with E-state index in [0.29, 0.717) is 6.07 Å². The van der Waals surface area contributed by atoms with Gasteiger partial charge in [-0.2, -0.15) is 13.2 Å². The summed E-state index contributed by atoms with van der Waals surface area (Å²) in [6.45, 7) is 1.52. The van der Waals surface area contributed by atoms with Crippen molar-refractivity contribution >= 4 is 5.97 Å². The summed E-state index contributed by atoms with van der Waals surface area (Å²) in [6.07, 6.45) is -9.33. The third-order valence-corrected chi connectivity index (χ3v) is 2.26. The van der Waals surface area contributed by atoms with Crippen LogP contribution in [0.2, 0.25) is 0 Å². The molecule has 20 heavy (non-hydrogen) atoms. The van der Waals surface area contributed by atoms with Gasteiger partial charge in [0.05, 0.1) is 18.7 Å². The molecule has 0 unspecified atom stereocenters. The van der Waals surface area contributed by atoms with Gasteiger partial charge in [0.25, 0.3) is 6.43 Å². The number of carbonyl (C=O) groups excluding carboxylic acids is 1. The molecule has 9 heteroatoms. The van der Waals surface area contributed by atoms with Gasteiger partial charge in [-0.15, -0.1) is 0 Å². The highest BCUT2D eigenvalue weighted by Gasteiger charge is 2.39. The van der Waals surface area contributed by atoms with Crippen LogP contribution in [0.15, 0.2) is 10.9 Å². The third kappa shape index (κ3) is 3.78. The van der Waals surface area contributed by atoms with Crippen LogP contribution in [0.5, 0.6) is 0 Å². The van der Waals surface area contributed by atoms with Crippen LogP contribution in [-0.4, -0.2) is 17.6 Å². The van der Waals surface area contributed by atoms with Crippen LogP contribution < -0.4 is 5.43 Å². The first-order chi connectivity index (χ1) is 9.16.